The van der Waals surface area contributed by atoms with E-state index < -0.39 is 11.5 Å². The molecule has 2 aliphatic heterocycles. The molecule has 1 spiro atoms. The minimum Gasteiger partial charge on any atom is -0.490 e. The van der Waals surface area contributed by atoms with Crippen LogP contribution >= 0.6 is 0 Å². The van der Waals surface area contributed by atoms with E-state index in [0.717, 1.165) is 38.2 Å². The third kappa shape index (κ3) is 3.60. The second-order valence-corrected chi connectivity index (χ2v) is 8.20. The average molecular weight is 358 g/mol. The molecule has 1 aromatic carbocycles. The lowest BCUT2D eigenvalue weighted by molar-refractivity contribution is -0.149. The van der Waals surface area contributed by atoms with Crippen LogP contribution in [0.5, 0.6) is 5.75 Å². The number of amides is 1. The van der Waals surface area contributed by atoms with Crippen molar-refractivity contribution in [2.45, 2.75) is 63.7 Å². The first-order valence-corrected chi connectivity index (χ1v) is 10.1. The van der Waals surface area contributed by atoms with E-state index in [1.54, 1.807) is 0 Å². The Balaban J connectivity index is 1.38. The summed E-state index contributed by atoms with van der Waals surface area (Å²) in [6.45, 7) is 3.01. The third-order valence-electron chi connectivity index (χ3n) is 6.33. The number of benzene rings is 1. The Kier molecular flexibility index (Phi) is 5.18. The topological polar surface area (TPSA) is 61.8 Å². The van der Waals surface area contributed by atoms with E-state index in [9.17, 15) is 9.90 Å². The third-order valence-corrected chi connectivity index (χ3v) is 6.33. The Morgan fingerprint density at radius 3 is 2.65 bits per heavy atom. The summed E-state index contributed by atoms with van der Waals surface area (Å²) in [5.74, 6) is 0.985. The molecular formula is C21H30N2O3. The van der Waals surface area contributed by atoms with E-state index in [2.05, 4.69) is 34.5 Å². The monoisotopic (exact) mass is 358 g/mol. The zero-order valence-electron chi connectivity index (χ0n) is 15.5. The molecule has 3 fully saturated rings. The molecule has 26 heavy (non-hydrogen) atoms. The van der Waals surface area contributed by atoms with Crippen LogP contribution in [0.3, 0.4) is 0 Å². The van der Waals surface area contributed by atoms with Crippen LogP contribution in [-0.2, 0) is 11.3 Å². The minimum absolute atomic E-state index is 0.0289. The highest BCUT2D eigenvalue weighted by atomic mass is 16.5. The van der Waals surface area contributed by atoms with Gasteiger partial charge in [-0.15, -0.1) is 0 Å². The summed E-state index contributed by atoms with van der Waals surface area (Å²) in [6.07, 6.45) is 7.14. The fraction of sp³-hybridized carbons (Fsp3) is 0.667. The number of carbonyl (C=O) groups excluding carboxylic acids is 1. The van der Waals surface area contributed by atoms with E-state index in [-0.39, 0.29) is 5.91 Å². The van der Waals surface area contributed by atoms with E-state index in [4.69, 9.17) is 4.74 Å². The molecule has 1 amide bonds. The molecule has 2 heterocycles. The first kappa shape index (κ1) is 17.8. The number of nitrogens with zero attached hydrogens (tertiary/aromatic N) is 1. The molecule has 5 nitrogen and oxygen atoms in total. The van der Waals surface area contributed by atoms with Crippen LogP contribution in [0.2, 0.25) is 0 Å². The summed E-state index contributed by atoms with van der Waals surface area (Å²) >= 11 is 0. The molecule has 0 radical (unpaired) electrons. The molecule has 0 aromatic heterocycles. The molecule has 5 heteroatoms. The van der Waals surface area contributed by atoms with Gasteiger partial charge < -0.3 is 15.2 Å². The smallest absolute Gasteiger partial charge is 0.230 e. The van der Waals surface area contributed by atoms with Crippen molar-refractivity contribution in [2.75, 3.05) is 19.6 Å². The Hall–Kier alpha value is -1.59. The van der Waals surface area contributed by atoms with Gasteiger partial charge in [0.05, 0.1) is 17.6 Å². The van der Waals surface area contributed by atoms with E-state index in [0.29, 0.717) is 19.1 Å². The highest BCUT2D eigenvalue weighted by Gasteiger charge is 2.49. The van der Waals surface area contributed by atoms with Crippen molar-refractivity contribution in [2.24, 2.45) is 5.41 Å². The maximum atomic E-state index is 12.5. The summed E-state index contributed by atoms with van der Waals surface area (Å²) in [5.41, 5.74) is 0.605. The summed E-state index contributed by atoms with van der Waals surface area (Å²) in [7, 11) is 0. The molecule has 142 valence electrons. The van der Waals surface area contributed by atoms with Gasteiger partial charge in [-0.05, 0) is 62.6 Å². The highest BCUT2D eigenvalue weighted by molar-refractivity contribution is 5.84. The van der Waals surface area contributed by atoms with Crippen molar-refractivity contribution < 1.29 is 14.6 Å². The maximum absolute atomic E-state index is 12.5. The van der Waals surface area contributed by atoms with E-state index in [1.165, 1.54) is 31.2 Å². The maximum Gasteiger partial charge on any atom is 0.230 e. The normalized spacial score (nSPS) is 30.5. The summed E-state index contributed by atoms with van der Waals surface area (Å²) in [4.78, 5) is 14.8. The van der Waals surface area contributed by atoms with Gasteiger partial charge >= 0.3 is 0 Å². The number of hydrogen-bond donors (Lipinski definition) is 2. The highest BCUT2D eigenvalue weighted by Crippen LogP contribution is 2.37. The minimum atomic E-state index is -0.623. The van der Waals surface area contributed by atoms with Crippen LogP contribution in [0.1, 0.15) is 50.5 Å². The van der Waals surface area contributed by atoms with Gasteiger partial charge in [0.25, 0.3) is 0 Å². The number of piperidine rings is 2. The van der Waals surface area contributed by atoms with Crippen LogP contribution < -0.4 is 10.1 Å². The van der Waals surface area contributed by atoms with Gasteiger partial charge in [0.1, 0.15) is 5.75 Å². The van der Waals surface area contributed by atoms with Gasteiger partial charge in [-0.1, -0.05) is 12.1 Å². The number of rotatable bonds is 4. The zero-order chi connectivity index (χ0) is 18.0. The molecule has 4 rings (SSSR count). The second kappa shape index (κ2) is 7.57. The standard InChI is InChI=1S/C21H30N2O3/c24-19-10-13-23(15-21(19)11-3-12-22-20(21)25)14-16-6-8-18(9-7-16)26-17-4-1-2-5-17/h6-9,17,19,24H,1-5,10-15H2,(H,22,25)/t19-,21-/m1/s1. The average Bonchev–Trinajstić information content (AvgIpc) is 3.15. The quantitative estimate of drug-likeness (QED) is 0.868. The second-order valence-electron chi connectivity index (χ2n) is 8.20. The van der Waals surface area contributed by atoms with Crippen LogP contribution in [0.25, 0.3) is 0 Å². The fourth-order valence-corrected chi connectivity index (χ4v) is 4.79. The lowest BCUT2D eigenvalue weighted by Crippen LogP contribution is -2.61. The number of aliphatic hydroxyl groups is 1. The largest absolute Gasteiger partial charge is 0.490 e. The first-order valence-electron chi connectivity index (χ1n) is 10.1. The molecule has 1 saturated carbocycles. The van der Waals surface area contributed by atoms with Crippen molar-refractivity contribution in [3.63, 3.8) is 0 Å². The first-order chi connectivity index (χ1) is 12.7. The molecule has 2 atom stereocenters. The Labute approximate surface area is 155 Å². The summed E-state index contributed by atoms with van der Waals surface area (Å²) < 4.78 is 6.04. The van der Waals surface area contributed by atoms with E-state index >= 15 is 0 Å². The van der Waals surface area contributed by atoms with Crippen LogP contribution in [-0.4, -0.2) is 47.8 Å². The Morgan fingerprint density at radius 2 is 1.92 bits per heavy atom. The fourth-order valence-electron chi connectivity index (χ4n) is 4.79. The molecule has 1 aliphatic carbocycles. The summed E-state index contributed by atoms with van der Waals surface area (Å²) in [6, 6.07) is 8.39. The van der Waals surface area contributed by atoms with Gasteiger partial charge in [-0.25, -0.2) is 0 Å². The zero-order valence-corrected chi connectivity index (χ0v) is 15.5. The van der Waals surface area contributed by atoms with Crippen molar-refractivity contribution in [1.82, 2.24) is 10.2 Å². The van der Waals surface area contributed by atoms with Gasteiger partial charge in [0.15, 0.2) is 0 Å². The van der Waals surface area contributed by atoms with Crippen LogP contribution in [0, 0.1) is 5.41 Å². The molecule has 0 bridgehead atoms. The molecule has 0 unspecified atom stereocenters. The Bertz CT molecular complexity index is 627. The number of hydrogen-bond acceptors (Lipinski definition) is 4. The van der Waals surface area contributed by atoms with E-state index in [1.807, 2.05) is 0 Å². The number of ether oxygens (including phenoxy) is 1. The molecule has 2 N–H and O–H groups in total. The number of likely N-dealkylation sites (tertiary alicyclic amines) is 1. The van der Waals surface area contributed by atoms with Crippen molar-refractivity contribution >= 4 is 5.91 Å². The number of carbonyl (C=O) groups is 1. The van der Waals surface area contributed by atoms with Gasteiger partial charge in [-0.3, -0.25) is 9.69 Å². The molecule has 3 aliphatic rings. The summed E-state index contributed by atoms with van der Waals surface area (Å²) in [5, 5.41) is 13.5. The lowest BCUT2D eigenvalue weighted by atomic mass is 9.71. The van der Waals surface area contributed by atoms with Crippen LogP contribution in [0.4, 0.5) is 0 Å². The van der Waals surface area contributed by atoms with Crippen LogP contribution in [0.15, 0.2) is 24.3 Å². The van der Waals surface area contributed by atoms with Crippen molar-refractivity contribution in [3.05, 3.63) is 29.8 Å². The molecule has 1 aromatic rings. The van der Waals surface area contributed by atoms with Crippen molar-refractivity contribution in [3.8, 4) is 5.75 Å². The number of nitrogens with one attached hydrogen (secondary N) is 1. The lowest BCUT2D eigenvalue weighted by Gasteiger charge is -2.47. The van der Waals surface area contributed by atoms with Gasteiger partial charge in [0.2, 0.25) is 5.91 Å². The Morgan fingerprint density at radius 1 is 1.15 bits per heavy atom. The predicted octanol–water partition coefficient (Wildman–Crippen LogP) is 2.47. The van der Waals surface area contributed by atoms with Gasteiger partial charge in [0, 0.05) is 26.2 Å². The van der Waals surface area contributed by atoms with Crippen molar-refractivity contribution in [1.29, 1.82) is 0 Å². The predicted molar refractivity (Wildman–Crippen MR) is 99.9 cm³/mol. The SMILES string of the molecule is O=C1NCCC[C@]12CN(Cc1ccc(OC3CCCC3)cc1)CC[C@H]2O. The molecular weight excluding hydrogens is 328 g/mol. The van der Waals surface area contributed by atoms with Gasteiger partial charge in [-0.2, -0.15) is 0 Å². The molecule has 2 saturated heterocycles. The number of aliphatic hydroxyl groups excluding tert-OH is 1.